The van der Waals surface area contributed by atoms with Crippen LogP contribution < -0.4 is 5.32 Å². The maximum Gasteiger partial charge on any atom is 0.264 e. The molecule has 2 unspecified atom stereocenters. The fourth-order valence-electron chi connectivity index (χ4n) is 2.20. The molecule has 1 fully saturated rings. The molecular weight excluding hydrogens is 256 g/mol. The van der Waals surface area contributed by atoms with Crippen LogP contribution in [0, 0.1) is 6.92 Å². The van der Waals surface area contributed by atoms with Gasteiger partial charge >= 0.3 is 0 Å². The number of nitrogens with zero attached hydrogens (tertiary/aromatic N) is 1. The van der Waals surface area contributed by atoms with Gasteiger partial charge in [-0.05, 0) is 32.9 Å². The highest BCUT2D eigenvalue weighted by Gasteiger charge is 2.25. The lowest BCUT2D eigenvalue weighted by Gasteiger charge is -2.35. The summed E-state index contributed by atoms with van der Waals surface area (Å²) in [4.78, 5) is 16.2. The van der Waals surface area contributed by atoms with Crippen LogP contribution in [0.5, 0.6) is 0 Å². The Labute approximate surface area is 113 Å². The number of hydrogen-bond acceptors (Lipinski definition) is 3. The highest BCUT2D eigenvalue weighted by atomic mass is 35.5. The van der Waals surface area contributed by atoms with Crippen LogP contribution in [-0.4, -0.2) is 36.0 Å². The molecule has 96 valence electrons. The number of piperazine rings is 1. The molecule has 1 aromatic rings. The number of aryl methyl sites for hydroxylation is 1. The van der Waals surface area contributed by atoms with Gasteiger partial charge in [-0.3, -0.25) is 4.79 Å². The molecule has 1 aliphatic rings. The Morgan fingerprint density at radius 1 is 1.35 bits per heavy atom. The van der Waals surface area contributed by atoms with E-state index in [1.807, 2.05) is 24.0 Å². The van der Waals surface area contributed by atoms with Crippen molar-refractivity contribution in [3.63, 3.8) is 0 Å². The maximum atomic E-state index is 12.2. The van der Waals surface area contributed by atoms with E-state index in [-0.39, 0.29) is 18.3 Å². The molecule has 0 bridgehead atoms. The molecule has 2 rings (SSSR count). The van der Waals surface area contributed by atoms with Crippen LogP contribution in [0.3, 0.4) is 0 Å². The zero-order valence-corrected chi connectivity index (χ0v) is 12.0. The van der Waals surface area contributed by atoms with Crippen LogP contribution >= 0.6 is 23.7 Å². The Morgan fingerprint density at radius 3 is 2.41 bits per heavy atom. The fraction of sp³-hybridized carbons (Fsp3) is 0.583. The van der Waals surface area contributed by atoms with E-state index >= 15 is 0 Å². The highest BCUT2D eigenvalue weighted by molar-refractivity contribution is 7.13. The predicted molar refractivity (Wildman–Crippen MR) is 74.3 cm³/mol. The second kappa shape index (κ2) is 5.85. The Bertz CT molecular complexity index is 384. The summed E-state index contributed by atoms with van der Waals surface area (Å²) in [5, 5.41) is 3.43. The van der Waals surface area contributed by atoms with Crippen molar-refractivity contribution < 1.29 is 4.79 Å². The molecule has 1 N–H and O–H groups in total. The van der Waals surface area contributed by atoms with Crippen LogP contribution in [0.25, 0.3) is 0 Å². The number of carbonyl (C=O) groups is 1. The number of carbonyl (C=O) groups excluding carboxylic acids is 1. The predicted octanol–water partition coefficient (Wildman–Crippen LogP) is 2.30. The van der Waals surface area contributed by atoms with Gasteiger partial charge in [0, 0.05) is 30.1 Å². The first-order valence-corrected chi connectivity index (χ1v) is 6.49. The van der Waals surface area contributed by atoms with Gasteiger partial charge in [0.15, 0.2) is 0 Å². The van der Waals surface area contributed by atoms with Crippen molar-refractivity contribution in [2.75, 3.05) is 13.1 Å². The Hall–Kier alpha value is -0.580. The van der Waals surface area contributed by atoms with E-state index in [0.717, 1.165) is 18.0 Å². The summed E-state index contributed by atoms with van der Waals surface area (Å²) in [6.45, 7) is 7.88. The van der Waals surface area contributed by atoms with E-state index in [2.05, 4.69) is 19.2 Å². The maximum absolute atomic E-state index is 12.2. The van der Waals surface area contributed by atoms with Gasteiger partial charge in [0.25, 0.3) is 5.91 Å². The third kappa shape index (κ3) is 3.44. The van der Waals surface area contributed by atoms with Gasteiger partial charge in [0.2, 0.25) is 0 Å². The first kappa shape index (κ1) is 14.5. The van der Waals surface area contributed by atoms with Crippen molar-refractivity contribution in [1.82, 2.24) is 10.2 Å². The number of thiophene rings is 1. The zero-order chi connectivity index (χ0) is 11.7. The van der Waals surface area contributed by atoms with E-state index in [4.69, 9.17) is 0 Å². The third-order valence-electron chi connectivity index (χ3n) is 2.80. The first-order valence-electron chi connectivity index (χ1n) is 5.68. The molecule has 1 amide bonds. The minimum atomic E-state index is 0. The second-order valence-electron chi connectivity index (χ2n) is 4.59. The Balaban J connectivity index is 0.00000144. The summed E-state index contributed by atoms with van der Waals surface area (Å²) in [5.41, 5.74) is 0. The van der Waals surface area contributed by atoms with Crippen molar-refractivity contribution in [3.8, 4) is 0 Å². The van der Waals surface area contributed by atoms with Crippen molar-refractivity contribution in [1.29, 1.82) is 0 Å². The number of rotatable bonds is 1. The molecule has 17 heavy (non-hydrogen) atoms. The third-order valence-corrected chi connectivity index (χ3v) is 3.78. The van der Waals surface area contributed by atoms with Gasteiger partial charge in [0.05, 0.1) is 4.88 Å². The van der Waals surface area contributed by atoms with Gasteiger partial charge in [-0.2, -0.15) is 0 Å². The number of amides is 1. The van der Waals surface area contributed by atoms with E-state index in [1.165, 1.54) is 4.88 Å². The number of halogens is 1. The summed E-state index contributed by atoms with van der Waals surface area (Å²) < 4.78 is 0. The van der Waals surface area contributed by atoms with E-state index in [9.17, 15) is 4.79 Å². The first-order chi connectivity index (χ1) is 7.56. The average molecular weight is 275 g/mol. The SMILES string of the molecule is Cc1ccc(C(=O)N2CC(C)NC(C)C2)s1.Cl. The summed E-state index contributed by atoms with van der Waals surface area (Å²) in [6, 6.07) is 4.70. The van der Waals surface area contributed by atoms with E-state index < -0.39 is 0 Å². The second-order valence-corrected chi connectivity index (χ2v) is 5.88. The van der Waals surface area contributed by atoms with Crippen molar-refractivity contribution in [2.45, 2.75) is 32.9 Å². The van der Waals surface area contributed by atoms with Gasteiger partial charge in [0.1, 0.15) is 0 Å². The van der Waals surface area contributed by atoms with Gasteiger partial charge in [-0.1, -0.05) is 0 Å². The standard InChI is InChI=1S/C12H18N2OS.ClH/c1-8-6-14(7-9(2)13-8)12(15)11-5-4-10(3)16-11;/h4-5,8-9,13H,6-7H2,1-3H3;1H. The van der Waals surface area contributed by atoms with Crippen LogP contribution in [0.15, 0.2) is 12.1 Å². The zero-order valence-electron chi connectivity index (χ0n) is 10.4. The molecule has 0 spiro atoms. The largest absolute Gasteiger partial charge is 0.335 e. The molecule has 0 aliphatic carbocycles. The van der Waals surface area contributed by atoms with E-state index in [1.54, 1.807) is 11.3 Å². The minimum absolute atomic E-state index is 0. The number of nitrogens with one attached hydrogen (secondary N) is 1. The monoisotopic (exact) mass is 274 g/mol. The van der Waals surface area contributed by atoms with Crippen molar-refractivity contribution in [3.05, 3.63) is 21.9 Å². The van der Waals surface area contributed by atoms with Crippen molar-refractivity contribution >= 4 is 29.7 Å². The summed E-state index contributed by atoms with van der Waals surface area (Å²) in [6.07, 6.45) is 0. The highest BCUT2D eigenvalue weighted by Crippen LogP contribution is 2.18. The lowest BCUT2D eigenvalue weighted by molar-refractivity contribution is 0.0678. The van der Waals surface area contributed by atoms with E-state index in [0.29, 0.717) is 12.1 Å². The smallest absolute Gasteiger partial charge is 0.264 e. The molecule has 0 radical (unpaired) electrons. The molecule has 5 heteroatoms. The topological polar surface area (TPSA) is 32.3 Å². The average Bonchev–Trinajstić information content (AvgIpc) is 2.62. The summed E-state index contributed by atoms with van der Waals surface area (Å²) >= 11 is 1.58. The molecule has 1 saturated heterocycles. The Morgan fingerprint density at radius 2 is 1.94 bits per heavy atom. The Kier molecular flexibility index (Phi) is 4.98. The molecule has 2 atom stereocenters. The molecular formula is C12H19ClN2OS. The van der Waals surface area contributed by atoms with Crippen molar-refractivity contribution in [2.24, 2.45) is 0 Å². The molecule has 0 aromatic carbocycles. The summed E-state index contributed by atoms with van der Waals surface area (Å²) in [5.74, 6) is 0.179. The summed E-state index contributed by atoms with van der Waals surface area (Å²) in [7, 11) is 0. The molecule has 1 aliphatic heterocycles. The minimum Gasteiger partial charge on any atom is -0.335 e. The van der Waals surface area contributed by atoms with Gasteiger partial charge in [-0.25, -0.2) is 0 Å². The normalized spacial score (nSPS) is 24.3. The van der Waals surface area contributed by atoms with Gasteiger partial charge in [-0.15, -0.1) is 23.7 Å². The lowest BCUT2D eigenvalue weighted by Crippen LogP contribution is -2.55. The number of hydrogen-bond donors (Lipinski definition) is 1. The van der Waals surface area contributed by atoms with Gasteiger partial charge < -0.3 is 10.2 Å². The fourth-order valence-corrected chi connectivity index (χ4v) is 3.03. The molecule has 3 nitrogen and oxygen atoms in total. The lowest BCUT2D eigenvalue weighted by atomic mass is 10.1. The van der Waals surface area contributed by atoms with Crippen LogP contribution in [-0.2, 0) is 0 Å². The van der Waals surface area contributed by atoms with Crippen LogP contribution in [0.1, 0.15) is 28.4 Å². The van der Waals surface area contributed by atoms with Crippen LogP contribution in [0.2, 0.25) is 0 Å². The quantitative estimate of drug-likeness (QED) is 0.852. The molecule has 2 heterocycles. The molecule has 0 saturated carbocycles. The van der Waals surface area contributed by atoms with Crippen LogP contribution in [0.4, 0.5) is 0 Å². The molecule has 1 aromatic heterocycles.